The molecule has 0 unspecified atom stereocenters. The summed E-state index contributed by atoms with van der Waals surface area (Å²) in [5.74, 6) is 0. The zero-order chi connectivity index (χ0) is 14.6. The van der Waals surface area contributed by atoms with E-state index < -0.39 is 18.2 Å². The Morgan fingerprint density at radius 3 is 2.55 bits per heavy atom. The summed E-state index contributed by atoms with van der Waals surface area (Å²) in [6, 6.07) is 5.54. The third-order valence-corrected chi connectivity index (χ3v) is 2.78. The third kappa shape index (κ3) is 3.84. The highest BCUT2D eigenvalue weighted by molar-refractivity contribution is 6.34. The zero-order valence-corrected chi connectivity index (χ0v) is 10.9. The molecule has 1 aliphatic heterocycles. The molecule has 1 saturated heterocycles. The van der Waals surface area contributed by atoms with Crippen molar-refractivity contribution in [2.24, 2.45) is 5.16 Å². The molecule has 8 heteroatoms. The molecule has 0 bridgehead atoms. The van der Waals surface area contributed by atoms with Crippen LogP contribution in [-0.2, 0) is 14.3 Å². The fourth-order valence-corrected chi connectivity index (χ4v) is 1.80. The molecule has 0 aromatic heterocycles. The van der Waals surface area contributed by atoms with Crippen LogP contribution in [0.1, 0.15) is 5.56 Å². The number of benzene rings is 1. The van der Waals surface area contributed by atoms with Gasteiger partial charge in [-0.1, -0.05) is 35.0 Å². The Bertz CT molecular complexity index is 487. The molecule has 0 aliphatic carbocycles. The topological polar surface area (TPSA) is 40.0 Å². The van der Waals surface area contributed by atoms with Crippen molar-refractivity contribution in [3.05, 3.63) is 34.9 Å². The van der Waals surface area contributed by atoms with Crippen LogP contribution >= 0.6 is 11.6 Å². The smallest absolute Gasteiger partial charge is 0.390 e. The van der Waals surface area contributed by atoms with Gasteiger partial charge in [0.1, 0.15) is 0 Å². The Hall–Kier alpha value is -1.31. The molecule has 4 nitrogen and oxygen atoms in total. The van der Waals surface area contributed by atoms with Crippen LogP contribution in [0.25, 0.3) is 0 Å². The lowest BCUT2D eigenvalue weighted by Gasteiger charge is -2.12. The van der Waals surface area contributed by atoms with Gasteiger partial charge in [-0.15, -0.1) is 0 Å². The first-order valence-corrected chi connectivity index (χ1v) is 6.11. The second kappa shape index (κ2) is 6.43. The van der Waals surface area contributed by atoms with E-state index in [1.165, 1.54) is 24.3 Å². The number of hydrogen-bond acceptors (Lipinski definition) is 4. The minimum Gasteiger partial charge on any atom is -0.390 e. The molecule has 0 radical (unpaired) electrons. The summed E-state index contributed by atoms with van der Waals surface area (Å²) in [5.41, 5.74) is -1.43. The van der Waals surface area contributed by atoms with E-state index in [1.807, 2.05) is 0 Å². The third-order valence-electron chi connectivity index (χ3n) is 2.45. The molecule has 0 saturated carbocycles. The van der Waals surface area contributed by atoms with Crippen molar-refractivity contribution >= 4 is 17.3 Å². The van der Waals surface area contributed by atoms with Crippen LogP contribution in [0.5, 0.6) is 0 Å². The summed E-state index contributed by atoms with van der Waals surface area (Å²) in [6.07, 6.45) is -5.37. The summed E-state index contributed by atoms with van der Waals surface area (Å²) in [6.45, 7) is 0.548. The van der Waals surface area contributed by atoms with Gasteiger partial charge in [0.25, 0.3) is 0 Å². The molecular weight excluding hydrogens is 299 g/mol. The lowest BCUT2D eigenvalue weighted by Crippen LogP contribution is -2.25. The molecule has 0 spiro atoms. The Balaban J connectivity index is 2.13. The summed E-state index contributed by atoms with van der Waals surface area (Å²) in [5, 5.41) is 3.08. The Kier molecular flexibility index (Phi) is 4.85. The van der Waals surface area contributed by atoms with Crippen LogP contribution in [0, 0.1) is 0 Å². The molecule has 20 heavy (non-hydrogen) atoms. The van der Waals surface area contributed by atoms with Crippen molar-refractivity contribution in [2.45, 2.75) is 12.5 Å². The number of halogens is 4. The van der Waals surface area contributed by atoms with Crippen molar-refractivity contribution < 1.29 is 27.5 Å². The lowest BCUT2D eigenvalue weighted by molar-refractivity contribution is -0.0979. The van der Waals surface area contributed by atoms with E-state index in [0.717, 1.165) is 0 Å². The van der Waals surface area contributed by atoms with Gasteiger partial charge in [-0.05, 0) is 6.07 Å². The summed E-state index contributed by atoms with van der Waals surface area (Å²) >= 11 is 5.75. The predicted molar refractivity (Wildman–Crippen MR) is 65.7 cm³/mol. The van der Waals surface area contributed by atoms with Crippen LogP contribution in [0.2, 0.25) is 5.02 Å². The minimum absolute atomic E-state index is 0.0551. The first kappa shape index (κ1) is 15.1. The van der Waals surface area contributed by atoms with E-state index in [2.05, 4.69) is 9.99 Å². The van der Waals surface area contributed by atoms with Crippen molar-refractivity contribution in [1.29, 1.82) is 0 Å². The van der Waals surface area contributed by atoms with Crippen molar-refractivity contribution in [3.63, 3.8) is 0 Å². The fourth-order valence-electron chi connectivity index (χ4n) is 1.57. The molecule has 2 rings (SSSR count). The van der Waals surface area contributed by atoms with Gasteiger partial charge in [0, 0.05) is 5.56 Å². The van der Waals surface area contributed by atoms with E-state index in [1.54, 1.807) is 0 Å². The van der Waals surface area contributed by atoms with Gasteiger partial charge in [0.15, 0.2) is 18.6 Å². The number of alkyl halides is 3. The van der Waals surface area contributed by atoms with Crippen molar-refractivity contribution in [1.82, 2.24) is 0 Å². The highest BCUT2D eigenvalue weighted by Gasteiger charge is 2.39. The maximum absolute atomic E-state index is 13.0. The molecule has 0 atom stereocenters. The predicted octanol–water partition coefficient (Wildman–Crippen LogP) is 3.00. The maximum atomic E-state index is 13.0. The Morgan fingerprint density at radius 2 is 1.95 bits per heavy atom. The molecule has 0 N–H and O–H groups in total. The number of oxime groups is 1. The average molecular weight is 310 g/mol. The minimum atomic E-state index is -4.68. The number of rotatable bonds is 4. The van der Waals surface area contributed by atoms with E-state index in [9.17, 15) is 13.2 Å². The van der Waals surface area contributed by atoms with E-state index >= 15 is 0 Å². The summed E-state index contributed by atoms with van der Waals surface area (Å²) in [7, 11) is 0. The monoisotopic (exact) mass is 309 g/mol. The van der Waals surface area contributed by atoms with Crippen LogP contribution in [0.4, 0.5) is 13.2 Å². The fraction of sp³-hybridized carbons (Fsp3) is 0.417. The van der Waals surface area contributed by atoms with Crippen molar-refractivity contribution in [2.75, 3.05) is 19.8 Å². The van der Waals surface area contributed by atoms with Gasteiger partial charge in [0.05, 0.1) is 18.2 Å². The van der Waals surface area contributed by atoms with Crippen LogP contribution in [0.15, 0.2) is 29.4 Å². The van der Waals surface area contributed by atoms with Gasteiger partial charge < -0.3 is 14.3 Å². The molecule has 0 amide bonds. The normalized spacial score (nSPS) is 17.5. The standard InChI is InChI=1S/C12H11ClF3NO3/c13-9-4-2-1-3-8(9)11(12(14,15)16)17-20-7-10-18-5-6-19-10/h1-4,10H,5-7H2. The molecule has 1 heterocycles. The second-order valence-corrected chi connectivity index (χ2v) is 4.29. The van der Waals surface area contributed by atoms with Gasteiger partial charge in [-0.3, -0.25) is 0 Å². The van der Waals surface area contributed by atoms with Gasteiger partial charge in [-0.2, -0.15) is 13.2 Å². The Morgan fingerprint density at radius 1 is 1.30 bits per heavy atom. The summed E-state index contributed by atoms with van der Waals surface area (Å²) in [4.78, 5) is 4.67. The largest absolute Gasteiger partial charge is 0.437 e. The van der Waals surface area contributed by atoms with Gasteiger partial charge in [-0.25, -0.2) is 0 Å². The summed E-state index contributed by atoms with van der Waals surface area (Å²) < 4.78 is 48.9. The SMILES string of the molecule is FC(F)(F)C(=NOCC1OCCO1)c1ccccc1Cl. The first-order chi connectivity index (χ1) is 9.48. The van der Waals surface area contributed by atoms with Crippen LogP contribution < -0.4 is 0 Å². The molecule has 1 aromatic rings. The van der Waals surface area contributed by atoms with Crippen LogP contribution in [0.3, 0.4) is 0 Å². The number of hydrogen-bond donors (Lipinski definition) is 0. The molecule has 1 aliphatic rings. The number of ether oxygens (including phenoxy) is 2. The van der Waals surface area contributed by atoms with Gasteiger partial charge in [0.2, 0.25) is 0 Å². The van der Waals surface area contributed by atoms with Crippen molar-refractivity contribution in [3.8, 4) is 0 Å². The van der Waals surface area contributed by atoms with E-state index in [0.29, 0.717) is 13.2 Å². The first-order valence-electron chi connectivity index (χ1n) is 5.74. The number of nitrogens with zero attached hydrogens (tertiary/aromatic N) is 1. The lowest BCUT2D eigenvalue weighted by atomic mass is 10.1. The van der Waals surface area contributed by atoms with E-state index in [-0.39, 0.29) is 17.2 Å². The highest BCUT2D eigenvalue weighted by Crippen LogP contribution is 2.27. The molecule has 1 aromatic carbocycles. The molecule has 1 fully saturated rings. The van der Waals surface area contributed by atoms with E-state index in [4.69, 9.17) is 21.1 Å². The second-order valence-electron chi connectivity index (χ2n) is 3.88. The van der Waals surface area contributed by atoms with Crippen LogP contribution in [-0.4, -0.2) is 38.0 Å². The quantitative estimate of drug-likeness (QED) is 0.634. The maximum Gasteiger partial charge on any atom is 0.437 e. The van der Waals surface area contributed by atoms with Gasteiger partial charge >= 0.3 is 6.18 Å². The molecule has 110 valence electrons. The Labute approximate surface area is 118 Å². The zero-order valence-electron chi connectivity index (χ0n) is 10.2. The average Bonchev–Trinajstić information content (AvgIpc) is 2.88. The highest BCUT2D eigenvalue weighted by atomic mass is 35.5. The molecular formula is C12H11ClF3NO3.